The van der Waals surface area contributed by atoms with Crippen molar-refractivity contribution in [3.63, 3.8) is 0 Å². The molecule has 0 aliphatic carbocycles. The lowest BCUT2D eigenvalue weighted by molar-refractivity contribution is -0.116. The van der Waals surface area contributed by atoms with Crippen molar-refractivity contribution in [1.82, 2.24) is 13.6 Å². The standard InChI is InChI=1S/C15H23N3O4S/c1-17(2)23(19,20)18-11-15(12-18)13(6-8-22-15)9-21-10-14-5-3-4-7-16-14/h3-5,7,13H,6,8-12H2,1-2H3/t13-/m1/s1. The van der Waals surface area contributed by atoms with Crippen LogP contribution in [0.2, 0.25) is 0 Å². The maximum absolute atomic E-state index is 12.1. The van der Waals surface area contributed by atoms with Gasteiger partial charge in [-0.15, -0.1) is 0 Å². The van der Waals surface area contributed by atoms with E-state index in [9.17, 15) is 8.42 Å². The lowest BCUT2D eigenvalue weighted by Crippen LogP contribution is -2.67. The fourth-order valence-corrected chi connectivity index (χ4v) is 4.33. The first-order chi connectivity index (χ1) is 10.9. The minimum absolute atomic E-state index is 0.222. The number of ether oxygens (including phenoxy) is 2. The molecule has 23 heavy (non-hydrogen) atoms. The van der Waals surface area contributed by atoms with Gasteiger partial charge in [0, 0.05) is 45.9 Å². The van der Waals surface area contributed by atoms with Crippen LogP contribution < -0.4 is 0 Å². The average Bonchev–Trinajstić information content (AvgIpc) is 2.90. The maximum Gasteiger partial charge on any atom is 0.281 e. The van der Waals surface area contributed by atoms with Crippen molar-refractivity contribution < 1.29 is 17.9 Å². The van der Waals surface area contributed by atoms with E-state index in [4.69, 9.17) is 9.47 Å². The van der Waals surface area contributed by atoms with Crippen molar-refractivity contribution >= 4 is 10.2 Å². The lowest BCUT2D eigenvalue weighted by Gasteiger charge is -2.49. The molecule has 0 N–H and O–H groups in total. The molecule has 1 atom stereocenters. The minimum Gasteiger partial charge on any atom is -0.375 e. The zero-order valence-electron chi connectivity index (χ0n) is 13.5. The highest BCUT2D eigenvalue weighted by Crippen LogP contribution is 2.41. The summed E-state index contributed by atoms with van der Waals surface area (Å²) in [7, 11) is -0.265. The molecule has 3 heterocycles. The van der Waals surface area contributed by atoms with E-state index < -0.39 is 10.2 Å². The SMILES string of the molecule is CN(C)S(=O)(=O)N1CC2(C1)OCC[C@@H]2COCc1ccccn1. The molecule has 0 radical (unpaired) electrons. The second-order valence-corrected chi connectivity index (χ2v) is 8.44. The zero-order chi connectivity index (χ0) is 16.5. The monoisotopic (exact) mass is 341 g/mol. The first kappa shape index (κ1) is 16.8. The van der Waals surface area contributed by atoms with Crippen LogP contribution in [0.3, 0.4) is 0 Å². The second kappa shape index (κ2) is 6.45. The molecule has 0 amide bonds. The van der Waals surface area contributed by atoms with Crippen LogP contribution in [0.4, 0.5) is 0 Å². The van der Waals surface area contributed by atoms with Crippen LogP contribution in [0, 0.1) is 5.92 Å². The number of hydrogen-bond donors (Lipinski definition) is 0. The molecular formula is C15H23N3O4S. The van der Waals surface area contributed by atoms with Crippen molar-refractivity contribution in [2.24, 2.45) is 5.92 Å². The molecule has 1 aromatic heterocycles. The molecule has 0 bridgehead atoms. The van der Waals surface area contributed by atoms with Gasteiger partial charge in [0.05, 0.1) is 18.9 Å². The number of rotatable bonds is 6. The molecular weight excluding hydrogens is 318 g/mol. The highest BCUT2D eigenvalue weighted by atomic mass is 32.2. The molecule has 0 unspecified atom stereocenters. The van der Waals surface area contributed by atoms with Crippen molar-refractivity contribution in [3.8, 4) is 0 Å². The van der Waals surface area contributed by atoms with E-state index in [0.717, 1.165) is 12.1 Å². The van der Waals surface area contributed by atoms with E-state index in [0.29, 0.717) is 32.9 Å². The number of nitrogens with zero attached hydrogens (tertiary/aromatic N) is 3. The highest BCUT2D eigenvalue weighted by Gasteiger charge is 2.56. The van der Waals surface area contributed by atoms with Crippen LogP contribution in [-0.4, -0.2) is 68.0 Å². The van der Waals surface area contributed by atoms with E-state index in [1.165, 1.54) is 8.61 Å². The highest BCUT2D eigenvalue weighted by molar-refractivity contribution is 7.86. The Kier molecular flexibility index (Phi) is 4.70. The lowest BCUT2D eigenvalue weighted by atomic mass is 9.83. The summed E-state index contributed by atoms with van der Waals surface area (Å²) in [4.78, 5) is 4.23. The largest absolute Gasteiger partial charge is 0.375 e. The summed E-state index contributed by atoms with van der Waals surface area (Å²) in [5, 5.41) is 0. The number of hydrogen-bond acceptors (Lipinski definition) is 5. The van der Waals surface area contributed by atoms with E-state index >= 15 is 0 Å². The quantitative estimate of drug-likeness (QED) is 0.753. The first-order valence-corrected chi connectivity index (χ1v) is 9.13. The Bertz CT molecular complexity index is 629. The maximum atomic E-state index is 12.1. The van der Waals surface area contributed by atoms with E-state index in [2.05, 4.69) is 4.98 Å². The van der Waals surface area contributed by atoms with Crippen LogP contribution in [0.25, 0.3) is 0 Å². The Hall–Kier alpha value is -1.06. The zero-order valence-corrected chi connectivity index (χ0v) is 14.3. The number of aromatic nitrogens is 1. The van der Waals surface area contributed by atoms with Crippen LogP contribution in [0.1, 0.15) is 12.1 Å². The summed E-state index contributed by atoms with van der Waals surface area (Å²) < 4.78 is 38.6. The normalized spacial score (nSPS) is 24.2. The smallest absolute Gasteiger partial charge is 0.281 e. The Morgan fingerprint density at radius 3 is 2.87 bits per heavy atom. The van der Waals surface area contributed by atoms with Crippen LogP contribution in [0.15, 0.2) is 24.4 Å². The molecule has 0 saturated carbocycles. The number of pyridine rings is 1. The van der Waals surface area contributed by atoms with Gasteiger partial charge in [0.25, 0.3) is 10.2 Å². The van der Waals surface area contributed by atoms with Gasteiger partial charge in [-0.25, -0.2) is 0 Å². The van der Waals surface area contributed by atoms with E-state index in [-0.39, 0.29) is 11.5 Å². The molecule has 2 aliphatic rings. The van der Waals surface area contributed by atoms with Gasteiger partial charge in [0.1, 0.15) is 5.60 Å². The van der Waals surface area contributed by atoms with Gasteiger partial charge < -0.3 is 9.47 Å². The third-order valence-corrected chi connectivity index (χ3v) is 6.40. The van der Waals surface area contributed by atoms with Gasteiger partial charge in [-0.2, -0.15) is 17.0 Å². The molecule has 2 fully saturated rings. The van der Waals surface area contributed by atoms with Crippen LogP contribution >= 0.6 is 0 Å². The van der Waals surface area contributed by atoms with Crippen LogP contribution in [-0.2, 0) is 26.3 Å². The van der Waals surface area contributed by atoms with E-state index in [1.807, 2.05) is 18.2 Å². The predicted octanol–water partition coefficient (Wildman–Crippen LogP) is 0.496. The van der Waals surface area contributed by atoms with Gasteiger partial charge >= 0.3 is 0 Å². The molecule has 128 valence electrons. The summed E-state index contributed by atoms with van der Waals surface area (Å²) in [5.74, 6) is 0.222. The van der Waals surface area contributed by atoms with Crippen LogP contribution in [0.5, 0.6) is 0 Å². The van der Waals surface area contributed by atoms with Gasteiger partial charge in [-0.3, -0.25) is 4.98 Å². The summed E-state index contributed by atoms with van der Waals surface area (Å²) >= 11 is 0. The Balaban J connectivity index is 1.53. The fourth-order valence-electron chi connectivity index (χ4n) is 3.10. The third kappa shape index (κ3) is 3.27. The molecule has 0 aromatic carbocycles. The van der Waals surface area contributed by atoms with Crippen molar-refractivity contribution in [1.29, 1.82) is 0 Å². The second-order valence-electron chi connectivity index (χ2n) is 6.29. The first-order valence-electron chi connectivity index (χ1n) is 7.73. The van der Waals surface area contributed by atoms with Crippen molar-refractivity contribution in [2.75, 3.05) is 40.4 Å². The minimum atomic E-state index is -3.35. The van der Waals surface area contributed by atoms with E-state index in [1.54, 1.807) is 20.3 Å². The fraction of sp³-hybridized carbons (Fsp3) is 0.667. The molecule has 3 rings (SSSR count). The summed E-state index contributed by atoms with van der Waals surface area (Å²) in [6, 6.07) is 5.73. The predicted molar refractivity (Wildman–Crippen MR) is 84.9 cm³/mol. The Morgan fingerprint density at radius 1 is 1.43 bits per heavy atom. The molecule has 8 heteroatoms. The van der Waals surface area contributed by atoms with Gasteiger partial charge in [-0.1, -0.05) is 6.07 Å². The molecule has 7 nitrogen and oxygen atoms in total. The molecule has 1 aromatic rings. The average molecular weight is 341 g/mol. The summed E-state index contributed by atoms with van der Waals surface area (Å²) in [6.07, 6.45) is 2.65. The Morgan fingerprint density at radius 2 is 2.22 bits per heavy atom. The third-order valence-electron chi connectivity index (χ3n) is 4.57. The molecule has 2 saturated heterocycles. The topological polar surface area (TPSA) is 72.0 Å². The van der Waals surface area contributed by atoms with Crippen molar-refractivity contribution in [3.05, 3.63) is 30.1 Å². The van der Waals surface area contributed by atoms with Gasteiger partial charge in [-0.05, 0) is 18.6 Å². The summed E-state index contributed by atoms with van der Waals surface area (Å²) in [6.45, 7) is 2.50. The Labute approximate surface area is 137 Å². The molecule has 1 spiro atoms. The van der Waals surface area contributed by atoms with Crippen molar-refractivity contribution in [2.45, 2.75) is 18.6 Å². The van der Waals surface area contributed by atoms with Gasteiger partial charge in [0.15, 0.2) is 0 Å². The van der Waals surface area contributed by atoms with Gasteiger partial charge in [0.2, 0.25) is 0 Å². The molecule has 2 aliphatic heterocycles. The summed E-state index contributed by atoms with van der Waals surface area (Å²) in [5.41, 5.74) is 0.513.